The standard InChI is InChI=1S/C22H25N3O2S/c1-3-25(4-2)21-11-10-17(14-23-21)15-24-22(26)18-7-5-8-19(13-18)27-16-20-9-6-12-28-20/h5-14H,3-4,15-16H2,1-2H3,(H,24,26). The third-order valence-electron chi connectivity index (χ3n) is 4.41. The van der Waals surface area contributed by atoms with E-state index in [2.05, 4.69) is 29.0 Å². The Morgan fingerprint density at radius 3 is 2.68 bits per heavy atom. The summed E-state index contributed by atoms with van der Waals surface area (Å²) in [5.74, 6) is 1.51. The number of carbonyl (C=O) groups is 1. The topological polar surface area (TPSA) is 54.5 Å². The summed E-state index contributed by atoms with van der Waals surface area (Å²) in [4.78, 5) is 20.3. The van der Waals surface area contributed by atoms with Gasteiger partial charge in [0.25, 0.3) is 5.91 Å². The first-order valence-corrected chi connectivity index (χ1v) is 10.3. The Balaban J connectivity index is 1.55. The molecular weight excluding hydrogens is 370 g/mol. The number of carbonyl (C=O) groups excluding carboxylic acids is 1. The van der Waals surface area contributed by atoms with Crippen LogP contribution in [-0.4, -0.2) is 24.0 Å². The van der Waals surface area contributed by atoms with E-state index in [1.165, 1.54) is 0 Å². The molecule has 0 fully saturated rings. The fraction of sp³-hybridized carbons (Fsp3) is 0.273. The van der Waals surface area contributed by atoms with Gasteiger partial charge in [-0.1, -0.05) is 18.2 Å². The zero-order valence-corrected chi connectivity index (χ0v) is 17.0. The zero-order chi connectivity index (χ0) is 19.8. The Morgan fingerprint density at radius 2 is 2.00 bits per heavy atom. The van der Waals surface area contributed by atoms with Gasteiger partial charge in [0.15, 0.2) is 0 Å². The summed E-state index contributed by atoms with van der Waals surface area (Å²) in [6.45, 7) is 7.00. The zero-order valence-electron chi connectivity index (χ0n) is 16.2. The van der Waals surface area contributed by atoms with Crippen LogP contribution in [0.1, 0.15) is 34.6 Å². The Labute approximate surface area is 170 Å². The van der Waals surface area contributed by atoms with Crippen molar-refractivity contribution in [2.24, 2.45) is 0 Å². The summed E-state index contributed by atoms with van der Waals surface area (Å²) in [5.41, 5.74) is 1.55. The first-order valence-electron chi connectivity index (χ1n) is 9.43. The van der Waals surface area contributed by atoms with Crippen LogP contribution in [0.4, 0.5) is 5.82 Å². The minimum atomic E-state index is -0.130. The fourth-order valence-corrected chi connectivity index (χ4v) is 3.43. The summed E-state index contributed by atoms with van der Waals surface area (Å²) in [6.07, 6.45) is 1.81. The molecule has 2 aromatic heterocycles. The smallest absolute Gasteiger partial charge is 0.251 e. The summed E-state index contributed by atoms with van der Waals surface area (Å²) < 4.78 is 5.78. The third kappa shape index (κ3) is 5.33. The molecule has 2 heterocycles. The Morgan fingerprint density at radius 1 is 1.14 bits per heavy atom. The molecule has 6 heteroatoms. The highest BCUT2D eigenvalue weighted by atomic mass is 32.1. The van der Waals surface area contributed by atoms with Crippen LogP contribution in [-0.2, 0) is 13.2 Å². The van der Waals surface area contributed by atoms with Crippen molar-refractivity contribution < 1.29 is 9.53 Å². The van der Waals surface area contributed by atoms with E-state index in [-0.39, 0.29) is 5.91 Å². The van der Waals surface area contributed by atoms with Gasteiger partial charge in [0.2, 0.25) is 0 Å². The number of hydrogen-bond acceptors (Lipinski definition) is 5. The second-order valence-electron chi connectivity index (χ2n) is 6.28. The van der Waals surface area contributed by atoms with Gasteiger partial charge in [-0.15, -0.1) is 11.3 Å². The van der Waals surface area contributed by atoms with Crippen LogP contribution in [0.5, 0.6) is 5.75 Å². The monoisotopic (exact) mass is 395 g/mol. The lowest BCUT2D eigenvalue weighted by atomic mass is 10.2. The van der Waals surface area contributed by atoms with Crippen LogP contribution >= 0.6 is 11.3 Å². The maximum Gasteiger partial charge on any atom is 0.251 e. The number of amides is 1. The van der Waals surface area contributed by atoms with E-state index in [1.807, 2.05) is 48.0 Å². The predicted molar refractivity (Wildman–Crippen MR) is 114 cm³/mol. The minimum absolute atomic E-state index is 0.130. The van der Waals surface area contributed by atoms with Crippen LogP contribution in [0.15, 0.2) is 60.1 Å². The molecule has 146 valence electrons. The number of ether oxygens (including phenoxy) is 1. The molecule has 0 atom stereocenters. The van der Waals surface area contributed by atoms with Crippen LogP contribution < -0.4 is 15.0 Å². The number of nitrogens with one attached hydrogen (secondary N) is 1. The number of thiophene rings is 1. The van der Waals surface area contributed by atoms with E-state index < -0.39 is 0 Å². The lowest BCUT2D eigenvalue weighted by molar-refractivity contribution is 0.0950. The first-order chi connectivity index (χ1) is 13.7. The number of anilines is 1. The molecule has 28 heavy (non-hydrogen) atoms. The molecular formula is C22H25N3O2S. The highest BCUT2D eigenvalue weighted by molar-refractivity contribution is 7.09. The molecule has 1 aromatic carbocycles. The van der Waals surface area contributed by atoms with Gasteiger partial charge >= 0.3 is 0 Å². The molecule has 0 radical (unpaired) electrons. The molecule has 3 rings (SSSR count). The molecule has 1 N–H and O–H groups in total. The van der Waals surface area contributed by atoms with E-state index in [0.717, 1.165) is 29.3 Å². The second kappa shape index (κ2) is 9.90. The Hall–Kier alpha value is -2.86. The molecule has 0 aliphatic rings. The number of rotatable bonds is 9. The average molecular weight is 396 g/mol. The van der Waals surface area contributed by atoms with Gasteiger partial charge in [-0.25, -0.2) is 4.98 Å². The van der Waals surface area contributed by atoms with E-state index in [4.69, 9.17) is 4.74 Å². The summed E-state index contributed by atoms with van der Waals surface area (Å²) in [5, 5.41) is 4.96. The molecule has 0 aliphatic heterocycles. The van der Waals surface area contributed by atoms with Gasteiger partial charge in [0.05, 0.1) is 0 Å². The van der Waals surface area contributed by atoms with Gasteiger partial charge in [-0.2, -0.15) is 0 Å². The summed E-state index contributed by atoms with van der Waals surface area (Å²) >= 11 is 1.65. The van der Waals surface area contributed by atoms with Gasteiger partial charge in [0, 0.05) is 36.3 Å². The van der Waals surface area contributed by atoms with Crippen molar-refractivity contribution in [1.29, 1.82) is 0 Å². The quantitative estimate of drug-likeness (QED) is 0.580. The molecule has 0 saturated heterocycles. The minimum Gasteiger partial charge on any atom is -0.488 e. The predicted octanol–water partition coefficient (Wildman–Crippen LogP) is 4.50. The molecule has 0 spiro atoms. The number of pyridine rings is 1. The lowest BCUT2D eigenvalue weighted by Crippen LogP contribution is -2.24. The normalized spacial score (nSPS) is 10.5. The SMILES string of the molecule is CCN(CC)c1ccc(CNC(=O)c2cccc(OCc3cccs3)c2)cn1. The van der Waals surface area contributed by atoms with Crippen LogP contribution in [0.2, 0.25) is 0 Å². The van der Waals surface area contributed by atoms with Crippen molar-refractivity contribution in [2.45, 2.75) is 27.0 Å². The average Bonchev–Trinajstić information content (AvgIpc) is 3.26. The van der Waals surface area contributed by atoms with Crippen LogP contribution in [0.3, 0.4) is 0 Å². The van der Waals surface area contributed by atoms with Crippen molar-refractivity contribution in [2.75, 3.05) is 18.0 Å². The molecule has 3 aromatic rings. The van der Waals surface area contributed by atoms with Gasteiger partial charge in [-0.3, -0.25) is 4.79 Å². The van der Waals surface area contributed by atoms with Gasteiger partial charge in [-0.05, 0) is 55.1 Å². The molecule has 0 saturated carbocycles. The molecule has 1 amide bonds. The van der Waals surface area contributed by atoms with Crippen molar-refractivity contribution in [3.05, 3.63) is 76.1 Å². The van der Waals surface area contributed by atoms with Crippen molar-refractivity contribution in [3.63, 3.8) is 0 Å². The van der Waals surface area contributed by atoms with Crippen LogP contribution in [0, 0.1) is 0 Å². The summed E-state index contributed by atoms with van der Waals surface area (Å²) in [6, 6.07) is 15.3. The van der Waals surface area contributed by atoms with E-state index in [1.54, 1.807) is 23.5 Å². The highest BCUT2D eigenvalue weighted by Crippen LogP contribution is 2.17. The number of aromatic nitrogens is 1. The fourth-order valence-electron chi connectivity index (χ4n) is 2.82. The lowest BCUT2D eigenvalue weighted by Gasteiger charge is -2.19. The largest absolute Gasteiger partial charge is 0.488 e. The van der Waals surface area contributed by atoms with E-state index in [0.29, 0.717) is 24.5 Å². The number of hydrogen-bond donors (Lipinski definition) is 1. The molecule has 0 bridgehead atoms. The molecule has 0 aliphatic carbocycles. The van der Waals surface area contributed by atoms with Crippen LogP contribution in [0.25, 0.3) is 0 Å². The highest BCUT2D eigenvalue weighted by Gasteiger charge is 2.08. The van der Waals surface area contributed by atoms with Crippen molar-refractivity contribution in [3.8, 4) is 5.75 Å². The van der Waals surface area contributed by atoms with Crippen molar-refractivity contribution in [1.82, 2.24) is 10.3 Å². The first kappa shape index (κ1) is 19.9. The molecule has 0 unspecified atom stereocenters. The second-order valence-corrected chi connectivity index (χ2v) is 7.31. The van der Waals surface area contributed by atoms with E-state index >= 15 is 0 Å². The Bertz CT molecular complexity index is 875. The van der Waals surface area contributed by atoms with Gasteiger partial charge < -0.3 is 15.0 Å². The maximum atomic E-state index is 12.5. The van der Waals surface area contributed by atoms with Crippen molar-refractivity contribution >= 4 is 23.1 Å². The number of nitrogens with zero attached hydrogens (tertiary/aromatic N) is 2. The number of benzene rings is 1. The summed E-state index contributed by atoms with van der Waals surface area (Å²) in [7, 11) is 0. The van der Waals surface area contributed by atoms with E-state index in [9.17, 15) is 4.79 Å². The molecule has 5 nitrogen and oxygen atoms in total. The Kier molecular flexibility index (Phi) is 7.03. The van der Waals surface area contributed by atoms with Gasteiger partial charge in [0.1, 0.15) is 18.2 Å². The third-order valence-corrected chi connectivity index (χ3v) is 5.26. The maximum absolute atomic E-state index is 12.5.